The van der Waals surface area contributed by atoms with Crippen molar-refractivity contribution in [1.82, 2.24) is 14.8 Å². The van der Waals surface area contributed by atoms with Crippen molar-refractivity contribution in [3.63, 3.8) is 0 Å². The Kier molecular flexibility index (Phi) is 7.41. The first kappa shape index (κ1) is 25.0. The van der Waals surface area contributed by atoms with E-state index in [1.165, 1.54) is 37.5 Å². The lowest BCUT2D eigenvalue weighted by atomic mass is 10.1. The molecular weight excluding hydrogens is 508 g/mol. The zero-order valence-electron chi connectivity index (χ0n) is 19.0. The second kappa shape index (κ2) is 10.7. The van der Waals surface area contributed by atoms with E-state index in [0.29, 0.717) is 28.3 Å². The second-order valence-corrected chi connectivity index (χ2v) is 8.76. The van der Waals surface area contributed by atoms with Crippen LogP contribution in [-0.2, 0) is 11.3 Å². The summed E-state index contributed by atoms with van der Waals surface area (Å²) in [6.07, 6.45) is 1.34. The largest absolute Gasteiger partial charge is 0.497 e. The van der Waals surface area contributed by atoms with Gasteiger partial charge in [0.15, 0.2) is 11.0 Å². The fourth-order valence-electron chi connectivity index (χ4n) is 3.40. The van der Waals surface area contributed by atoms with Crippen LogP contribution >= 0.6 is 23.4 Å². The summed E-state index contributed by atoms with van der Waals surface area (Å²) in [6.45, 7) is 2.41. The van der Waals surface area contributed by atoms with Gasteiger partial charge in [0.25, 0.3) is 5.69 Å². The van der Waals surface area contributed by atoms with Crippen molar-refractivity contribution < 1.29 is 24.0 Å². The molecule has 2 aromatic heterocycles. The molecule has 0 amide bonds. The van der Waals surface area contributed by atoms with Crippen LogP contribution in [0.5, 0.6) is 5.75 Å². The lowest BCUT2D eigenvalue weighted by Gasteiger charge is -2.07. The summed E-state index contributed by atoms with van der Waals surface area (Å²) < 4.78 is 12.6. The average Bonchev–Trinajstić information content (AvgIpc) is 3.50. The molecule has 36 heavy (non-hydrogen) atoms. The molecule has 0 unspecified atom stereocenters. The molecule has 0 spiro atoms. The number of nitrogens with zero attached hydrogens (tertiary/aromatic N) is 4. The van der Waals surface area contributed by atoms with Gasteiger partial charge in [-0.1, -0.05) is 11.6 Å². The molecule has 0 atom stereocenters. The number of rotatable bonds is 9. The van der Waals surface area contributed by atoms with Gasteiger partial charge in [0.05, 0.1) is 23.7 Å². The first-order valence-electron chi connectivity index (χ1n) is 10.5. The molecule has 0 saturated heterocycles. The molecule has 10 nitrogen and oxygen atoms in total. The van der Waals surface area contributed by atoms with E-state index in [1.807, 2.05) is 19.1 Å². The number of carboxylic acids is 1. The van der Waals surface area contributed by atoms with Crippen molar-refractivity contribution in [2.24, 2.45) is 0 Å². The second-order valence-electron chi connectivity index (χ2n) is 7.32. The van der Waals surface area contributed by atoms with Gasteiger partial charge in [0.1, 0.15) is 22.2 Å². The molecule has 0 saturated carbocycles. The van der Waals surface area contributed by atoms with Crippen molar-refractivity contribution in [2.45, 2.75) is 18.6 Å². The van der Waals surface area contributed by atoms with Crippen LogP contribution < -0.4 is 4.74 Å². The third-order valence-corrected chi connectivity index (χ3v) is 6.36. The van der Waals surface area contributed by atoms with E-state index in [2.05, 4.69) is 10.2 Å². The zero-order valence-corrected chi connectivity index (χ0v) is 20.6. The Balaban J connectivity index is 1.65. The molecule has 2 aromatic carbocycles. The SMILES string of the molecule is CCn1c(S/C(=C\c2ccc(-c3ccc(OC)cc3[N+](=O)[O-])o2)C(=O)O)nnc1-c1ccc(Cl)cc1. The number of nitro groups is 1. The molecule has 0 aliphatic rings. The summed E-state index contributed by atoms with van der Waals surface area (Å²) in [5.74, 6) is 0.146. The predicted molar refractivity (Wildman–Crippen MR) is 135 cm³/mol. The Morgan fingerprint density at radius 1 is 1.22 bits per heavy atom. The van der Waals surface area contributed by atoms with Crippen LogP contribution in [0.1, 0.15) is 12.7 Å². The maximum atomic E-state index is 12.0. The van der Waals surface area contributed by atoms with Gasteiger partial charge in [0.2, 0.25) is 0 Å². The van der Waals surface area contributed by atoms with Gasteiger partial charge in [-0.25, -0.2) is 4.79 Å². The van der Waals surface area contributed by atoms with E-state index in [1.54, 1.807) is 22.8 Å². The predicted octanol–water partition coefficient (Wildman–Crippen LogP) is 6.01. The summed E-state index contributed by atoms with van der Waals surface area (Å²) in [5, 5.41) is 30.7. The summed E-state index contributed by atoms with van der Waals surface area (Å²) in [5.41, 5.74) is 0.833. The maximum absolute atomic E-state index is 12.0. The van der Waals surface area contributed by atoms with Crippen LogP contribution in [0, 0.1) is 10.1 Å². The average molecular weight is 527 g/mol. The summed E-state index contributed by atoms with van der Waals surface area (Å²) in [4.78, 5) is 22.9. The molecule has 4 rings (SSSR count). The molecule has 0 bridgehead atoms. The highest BCUT2D eigenvalue weighted by molar-refractivity contribution is 8.04. The van der Waals surface area contributed by atoms with Gasteiger partial charge in [-0.3, -0.25) is 10.1 Å². The van der Waals surface area contributed by atoms with Crippen LogP contribution in [0.4, 0.5) is 5.69 Å². The van der Waals surface area contributed by atoms with Gasteiger partial charge < -0.3 is 18.8 Å². The fraction of sp³-hybridized carbons (Fsp3) is 0.125. The van der Waals surface area contributed by atoms with E-state index < -0.39 is 10.9 Å². The number of nitro benzene ring substituents is 1. The standard InChI is InChI=1S/C24H19ClN4O6S/c1-3-28-22(14-4-6-15(25)7-5-14)26-27-24(28)36-21(23(30)31)13-17-9-11-20(35-17)18-10-8-16(34-2)12-19(18)29(32)33/h4-13H,3H2,1-2H3,(H,30,31)/b21-13-. The van der Waals surface area contributed by atoms with E-state index in [4.69, 9.17) is 20.8 Å². The summed E-state index contributed by atoms with van der Waals surface area (Å²) in [7, 11) is 1.41. The maximum Gasteiger partial charge on any atom is 0.342 e. The number of aliphatic carboxylic acids is 1. The van der Waals surface area contributed by atoms with Crippen molar-refractivity contribution in [3.05, 3.63) is 80.4 Å². The molecule has 12 heteroatoms. The monoisotopic (exact) mass is 526 g/mol. The minimum Gasteiger partial charge on any atom is -0.497 e. The van der Waals surface area contributed by atoms with Gasteiger partial charge in [-0.2, -0.15) is 0 Å². The van der Waals surface area contributed by atoms with E-state index in [-0.39, 0.29) is 27.7 Å². The highest BCUT2D eigenvalue weighted by Gasteiger charge is 2.21. The van der Waals surface area contributed by atoms with Crippen LogP contribution in [0.2, 0.25) is 5.02 Å². The molecule has 0 aliphatic heterocycles. The number of carbonyl (C=O) groups is 1. The first-order chi connectivity index (χ1) is 17.3. The van der Waals surface area contributed by atoms with Crippen LogP contribution in [0.3, 0.4) is 0 Å². The lowest BCUT2D eigenvalue weighted by molar-refractivity contribution is -0.384. The summed E-state index contributed by atoms with van der Waals surface area (Å²) in [6, 6.07) is 14.6. The Labute approximate surface area is 214 Å². The molecule has 2 heterocycles. The molecule has 0 radical (unpaired) electrons. The van der Waals surface area contributed by atoms with Crippen molar-refractivity contribution >= 4 is 41.1 Å². The Morgan fingerprint density at radius 2 is 1.97 bits per heavy atom. The van der Waals surface area contributed by atoms with Crippen LogP contribution in [-0.4, -0.2) is 37.9 Å². The minimum absolute atomic E-state index is 0.0649. The smallest absolute Gasteiger partial charge is 0.342 e. The third kappa shape index (κ3) is 5.26. The molecule has 184 valence electrons. The quantitative estimate of drug-likeness (QED) is 0.120. The van der Waals surface area contributed by atoms with E-state index in [9.17, 15) is 20.0 Å². The number of ether oxygens (including phenoxy) is 1. The van der Waals surface area contributed by atoms with E-state index >= 15 is 0 Å². The van der Waals surface area contributed by atoms with Crippen molar-refractivity contribution in [3.8, 4) is 28.5 Å². The van der Waals surface area contributed by atoms with E-state index in [0.717, 1.165) is 17.3 Å². The number of halogens is 1. The van der Waals surface area contributed by atoms with Gasteiger partial charge in [-0.05, 0) is 67.2 Å². The van der Waals surface area contributed by atoms with Crippen LogP contribution in [0.15, 0.2) is 69.1 Å². The molecule has 0 aliphatic carbocycles. The topological polar surface area (TPSA) is 134 Å². The fourth-order valence-corrected chi connectivity index (χ4v) is 4.39. The van der Waals surface area contributed by atoms with Gasteiger partial charge in [-0.15, -0.1) is 10.2 Å². The number of furan rings is 1. The van der Waals surface area contributed by atoms with Crippen LogP contribution in [0.25, 0.3) is 28.8 Å². The molecule has 0 fully saturated rings. The zero-order chi connectivity index (χ0) is 25.8. The number of thioether (sulfide) groups is 1. The molecule has 4 aromatic rings. The summed E-state index contributed by atoms with van der Waals surface area (Å²) >= 11 is 6.89. The molecular formula is C24H19ClN4O6S. The number of hydrogen-bond acceptors (Lipinski definition) is 8. The number of carboxylic acid groups (broad SMARTS) is 1. The molecule has 1 N–H and O–H groups in total. The number of aromatic nitrogens is 3. The number of hydrogen-bond donors (Lipinski definition) is 1. The highest BCUT2D eigenvalue weighted by atomic mass is 35.5. The number of benzene rings is 2. The number of methoxy groups -OCH3 is 1. The minimum atomic E-state index is -1.19. The first-order valence-corrected chi connectivity index (χ1v) is 11.7. The van der Waals surface area contributed by atoms with Gasteiger partial charge >= 0.3 is 5.97 Å². The Bertz CT molecular complexity index is 1460. The van der Waals surface area contributed by atoms with Crippen molar-refractivity contribution in [1.29, 1.82) is 0 Å². The van der Waals surface area contributed by atoms with Crippen molar-refractivity contribution in [2.75, 3.05) is 7.11 Å². The normalized spacial score (nSPS) is 11.5. The van der Waals surface area contributed by atoms with Gasteiger partial charge in [0, 0.05) is 23.2 Å². The Hall–Kier alpha value is -4.09. The Morgan fingerprint density at radius 3 is 2.61 bits per heavy atom. The third-order valence-electron chi connectivity index (χ3n) is 5.11. The highest BCUT2D eigenvalue weighted by Crippen LogP contribution is 2.36. The lowest BCUT2D eigenvalue weighted by Crippen LogP contribution is -2.02.